The predicted molar refractivity (Wildman–Crippen MR) is 92.2 cm³/mol. The van der Waals surface area contributed by atoms with Gasteiger partial charge in [-0.05, 0) is 37.1 Å². The highest BCUT2D eigenvalue weighted by Crippen LogP contribution is 2.18. The molecule has 6 heteroatoms. The van der Waals surface area contributed by atoms with Crippen LogP contribution < -0.4 is 16.2 Å². The fourth-order valence-corrected chi connectivity index (χ4v) is 2.68. The van der Waals surface area contributed by atoms with Crippen molar-refractivity contribution < 1.29 is 9.53 Å². The maximum Gasteiger partial charge on any atom is 0.319 e. The molecule has 0 aliphatic carbocycles. The summed E-state index contributed by atoms with van der Waals surface area (Å²) < 4.78 is 6.96. The van der Waals surface area contributed by atoms with Crippen LogP contribution in [0.3, 0.4) is 0 Å². The first-order chi connectivity index (χ1) is 11.5. The summed E-state index contributed by atoms with van der Waals surface area (Å²) in [6, 6.07) is 12.3. The van der Waals surface area contributed by atoms with Crippen LogP contribution in [-0.2, 0) is 11.3 Å². The molecule has 2 amide bonds. The smallest absolute Gasteiger partial charge is 0.319 e. The van der Waals surface area contributed by atoms with Gasteiger partial charge in [0, 0.05) is 24.6 Å². The number of hydrogen-bond acceptors (Lipinski definition) is 3. The van der Waals surface area contributed by atoms with Gasteiger partial charge in [-0.2, -0.15) is 0 Å². The number of urea groups is 1. The molecule has 0 saturated carbocycles. The Hall–Kier alpha value is -2.60. The number of amides is 2. The number of benzene rings is 1. The van der Waals surface area contributed by atoms with Crippen molar-refractivity contribution in [3.05, 3.63) is 64.6 Å². The van der Waals surface area contributed by atoms with Crippen LogP contribution in [0.1, 0.15) is 18.9 Å². The average Bonchev–Trinajstić information content (AvgIpc) is 2.97. The third-order valence-corrected chi connectivity index (χ3v) is 4.10. The molecular weight excluding hydrogens is 306 g/mol. The van der Waals surface area contributed by atoms with E-state index in [-0.39, 0.29) is 17.1 Å². The second-order valence-corrected chi connectivity index (χ2v) is 6.31. The number of pyridine rings is 1. The molecule has 2 N–H and O–H groups in total. The molecule has 24 heavy (non-hydrogen) atoms. The summed E-state index contributed by atoms with van der Waals surface area (Å²) in [6.45, 7) is 3.68. The third kappa shape index (κ3) is 4.02. The van der Waals surface area contributed by atoms with Crippen LogP contribution in [-0.4, -0.2) is 29.4 Å². The van der Waals surface area contributed by atoms with E-state index >= 15 is 0 Å². The van der Waals surface area contributed by atoms with Crippen LogP contribution in [0.15, 0.2) is 53.5 Å². The molecule has 2 aromatic rings. The Bertz CT molecular complexity index is 762. The number of aromatic nitrogens is 1. The summed E-state index contributed by atoms with van der Waals surface area (Å²) >= 11 is 0. The van der Waals surface area contributed by atoms with E-state index in [4.69, 9.17) is 4.74 Å². The lowest BCUT2D eigenvalue weighted by molar-refractivity contribution is 0.172. The van der Waals surface area contributed by atoms with Crippen molar-refractivity contribution in [2.75, 3.05) is 18.5 Å². The Kier molecular flexibility index (Phi) is 4.66. The summed E-state index contributed by atoms with van der Waals surface area (Å²) in [7, 11) is 0. The van der Waals surface area contributed by atoms with Gasteiger partial charge in [0.05, 0.1) is 18.7 Å². The standard InChI is InChI=1S/C18H21N3O3/c1-18(9-11-24-13-18)20-17(23)19-15-7-5-14(6-8-15)12-21-10-3-2-4-16(21)22/h2-8,10H,9,11-13H2,1H3,(H2,19,20,23)/t18-/m1/s1. The van der Waals surface area contributed by atoms with Gasteiger partial charge in [0.15, 0.2) is 0 Å². The van der Waals surface area contributed by atoms with Crippen molar-refractivity contribution in [1.82, 2.24) is 9.88 Å². The highest BCUT2D eigenvalue weighted by atomic mass is 16.5. The molecule has 2 heterocycles. The minimum atomic E-state index is -0.307. The van der Waals surface area contributed by atoms with Gasteiger partial charge in [-0.3, -0.25) is 4.79 Å². The molecule has 1 saturated heterocycles. The highest BCUT2D eigenvalue weighted by Gasteiger charge is 2.31. The summed E-state index contributed by atoms with van der Waals surface area (Å²) in [5.41, 5.74) is 1.36. The molecule has 1 aromatic carbocycles. The summed E-state index contributed by atoms with van der Waals surface area (Å²) in [5.74, 6) is 0. The van der Waals surface area contributed by atoms with E-state index in [1.165, 1.54) is 6.07 Å². The zero-order valence-corrected chi connectivity index (χ0v) is 13.6. The summed E-state index contributed by atoms with van der Waals surface area (Å²) in [5, 5.41) is 5.77. The minimum absolute atomic E-state index is 0.0360. The molecule has 3 rings (SSSR count). The van der Waals surface area contributed by atoms with Crippen molar-refractivity contribution in [1.29, 1.82) is 0 Å². The number of nitrogens with zero attached hydrogens (tertiary/aromatic N) is 1. The molecule has 1 aromatic heterocycles. The van der Waals surface area contributed by atoms with E-state index in [1.54, 1.807) is 16.8 Å². The maximum absolute atomic E-state index is 12.1. The molecule has 1 atom stereocenters. The van der Waals surface area contributed by atoms with Gasteiger partial charge in [0.25, 0.3) is 5.56 Å². The largest absolute Gasteiger partial charge is 0.379 e. The van der Waals surface area contributed by atoms with E-state index in [9.17, 15) is 9.59 Å². The van der Waals surface area contributed by atoms with E-state index < -0.39 is 0 Å². The van der Waals surface area contributed by atoms with Crippen molar-refractivity contribution in [2.45, 2.75) is 25.4 Å². The monoisotopic (exact) mass is 327 g/mol. The van der Waals surface area contributed by atoms with Gasteiger partial charge < -0.3 is 19.9 Å². The normalized spacial score (nSPS) is 19.9. The molecule has 6 nitrogen and oxygen atoms in total. The van der Waals surface area contributed by atoms with Crippen LogP contribution in [0.5, 0.6) is 0 Å². The van der Waals surface area contributed by atoms with Crippen molar-refractivity contribution in [3.8, 4) is 0 Å². The quantitative estimate of drug-likeness (QED) is 0.904. The van der Waals surface area contributed by atoms with Gasteiger partial charge in [-0.1, -0.05) is 18.2 Å². The highest BCUT2D eigenvalue weighted by molar-refractivity contribution is 5.89. The molecule has 0 spiro atoms. The minimum Gasteiger partial charge on any atom is -0.379 e. The van der Waals surface area contributed by atoms with Crippen molar-refractivity contribution >= 4 is 11.7 Å². The Morgan fingerprint density at radius 1 is 1.25 bits per heavy atom. The first-order valence-corrected chi connectivity index (χ1v) is 7.95. The number of nitrogens with one attached hydrogen (secondary N) is 2. The Balaban J connectivity index is 1.59. The molecule has 0 bridgehead atoms. The average molecular weight is 327 g/mol. The first kappa shape index (κ1) is 16.3. The Morgan fingerprint density at radius 3 is 2.71 bits per heavy atom. The van der Waals surface area contributed by atoms with Gasteiger partial charge in [-0.25, -0.2) is 4.79 Å². The van der Waals surface area contributed by atoms with E-state index in [1.807, 2.05) is 37.3 Å². The Labute approximate surface area is 140 Å². The van der Waals surface area contributed by atoms with Crippen LogP contribution in [0.25, 0.3) is 0 Å². The molecule has 0 unspecified atom stereocenters. The predicted octanol–water partition coefficient (Wildman–Crippen LogP) is 2.20. The van der Waals surface area contributed by atoms with Crippen LogP contribution in [0, 0.1) is 0 Å². The van der Waals surface area contributed by atoms with Crippen LogP contribution in [0.4, 0.5) is 10.5 Å². The first-order valence-electron chi connectivity index (χ1n) is 7.95. The molecular formula is C18H21N3O3. The van der Waals surface area contributed by atoms with E-state index in [2.05, 4.69) is 10.6 Å². The lowest BCUT2D eigenvalue weighted by Gasteiger charge is -2.23. The number of carbonyl (C=O) groups is 1. The lowest BCUT2D eigenvalue weighted by atomic mass is 10.0. The number of carbonyl (C=O) groups excluding carboxylic acids is 1. The molecule has 1 aliphatic rings. The fraction of sp³-hybridized carbons (Fsp3) is 0.333. The number of hydrogen-bond donors (Lipinski definition) is 2. The molecule has 1 fully saturated rings. The third-order valence-electron chi connectivity index (χ3n) is 4.10. The van der Waals surface area contributed by atoms with E-state index in [0.29, 0.717) is 25.4 Å². The van der Waals surface area contributed by atoms with Gasteiger partial charge >= 0.3 is 6.03 Å². The van der Waals surface area contributed by atoms with Crippen LogP contribution in [0.2, 0.25) is 0 Å². The number of rotatable bonds is 4. The molecule has 1 aliphatic heterocycles. The Morgan fingerprint density at radius 2 is 2.04 bits per heavy atom. The van der Waals surface area contributed by atoms with Crippen LogP contribution >= 0.6 is 0 Å². The second-order valence-electron chi connectivity index (χ2n) is 6.31. The van der Waals surface area contributed by atoms with Crippen molar-refractivity contribution in [3.63, 3.8) is 0 Å². The summed E-state index contributed by atoms with van der Waals surface area (Å²) in [4.78, 5) is 23.8. The number of ether oxygens (including phenoxy) is 1. The van der Waals surface area contributed by atoms with Crippen molar-refractivity contribution in [2.24, 2.45) is 0 Å². The lowest BCUT2D eigenvalue weighted by Crippen LogP contribution is -2.48. The topological polar surface area (TPSA) is 72.4 Å². The molecule has 126 valence electrons. The zero-order valence-electron chi connectivity index (χ0n) is 13.6. The zero-order chi connectivity index (χ0) is 17.0. The SMILES string of the molecule is C[C@@]1(NC(=O)Nc2ccc(Cn3ccccc3=O)cc2)CCOC1. The van der Waals surface area contributed by atoms with Gasteiger partial charge in [-0.15, -0.1) is 0 Å². The molecule has 0 radical (unpaired) electrons. The fourth-order valence-electron chi connectivity index (χ4n) is 2.68. The van der Waals surface area contributed by atoms with Gasteiger partial charge in [0.2, 0.25) is 0 Å². The summed E-state index contributed by atoms with van der Waals surface area (Å²) in [6.07, 6.45) is 2.57. The maximum atomic E-state index is 12.1. The second kappa shape index (κ2) is 6.88. The van der Waals surface area contributed by atoms with E-state index in [0.717, 1.165) is 12.0 Å². The number of anilines is 1. The van der Waals surface area contributed by atoms with Gasteiger partial charge in [0.1, 0.15) is 0 Å².